The van der Waals surface area contributed by atoms with Crippen LogP contribution in [0, 0.1) is 5.92 Å². The van der Waals surface area contributed by atoms with Crippen molar-refractivity contribution in [3.05, 3.63) is 0 Å². The minimum absolute atomic E-state index is 0. The maximum atomic E-state index is 6.13. The third kappa shape index (κ3) is 7.36. The second kappa shape index (κ2) is 12.7. The number of hydrogen-bond donors (Lipinski definition) is 1. The Hall–Kier alpha value is 0.270. The predicted octanol–water partition coefficient (Wildman–Crippen LogP) is 3.37. The molecule has 3 aliphatic rings. The van der Waals surface area contributed by atoms with Crippen molar-refractivity contribution in [1.29, 1.82) is 0 Å². The van der Waals surface area contributed by atoms with Crippen LogP contribution in [0.5, 0.6) is 0 Å². The number of halogens is 1. The van der Waals surface area contributed by atoms with Crippen molar-refractivity contribution in [2.24, 2.45) is 10.9 Å². The van der Waals surface area contributed by atoms with Gasteiger partial charge in [-0.25, -0.2) is 0 Å². The van der Waals surface area contributed by atoms with Crippen molar-refractivity contribution in [2.75, 3.05) is 51.4 Å². The van der Waals surface area contributed by atoms with Crippen molar-refractivity contribution in [3.8, 4) is 0 Å². The molecule has 0 radical (unpaired) electrons. The molecule has 0 bridgehead atoms. The Kier molecular flexibility index (Phi) is 11.0. The van der Waals surface area contributed by atoms with E-state index in [1.165, 1.54) is 37.2 Å². The van der Waals surface area contributed by atoms with E-state index in [2.05, 4.69) is 27.0 Å². The smallest absolute Gasteiger partial charge is 0.193 e. The van der Waals surface area contributed by atoms with Crippen molar-refractivity contribution < 1.29 is 9.47 Å². The molecule has 1 unspecified atom stereocenters. The molecule has 0 spiro atoms. The van der Waals surface area contributed by atoms with Crippen LogP contribution in [0.4, 0.5) is 0 Å². The molecule has 3 rings (SSSR count). The van der Waals surface area contributed by atoms with Gasteiger partial charge >= 0.3 is 0 Å². The molecule has 26 heavy (non-hydrogen) atoms. The van der Waals surface area contributed by atoms with Gasteiger partial charge in [0.05, 0.1) is 18.8 Å². The van der Waals surface area contributed by atoms with Crippen LogP contribution in [-0.4, -0.2) is 74.5 Å². The lowest BCUT2D eigenvalue weighted by atomic mass is 10.0. The highest BCUT2D eigenvalue weighted by Crippen LogP contribution is 2.22. The molecule has 0 amide bonds. The van der Waals surface area contributed by atoms with Crippen LogP contribution in [0.2, 0.25) is 0 Å². The van der Waals surface area contributed by atoms with E-state index < -0.39 is 0 Å². The molecule has 152 valence electrons. The lowest BCUT2D eigenvalue weighted by Crippen LogP contribution is -2.48. The molecule has 3 saturated heterocycles. The zero-order chi connectivity index (χ0) is 17.3. The molecule has 0 aromatic heterocycles. The van der Waals surface area contributed by atoms with Crippen LogP contribution in [0.25, 0.3) is 0 Å². The number of rotatable bonds is 5. The fraction of sp³-hybridized carbons (Fsp3) is 0.947. The molecule has 1 atom stereocenters. The van der Waals surface area contributed by atoms with Gasteiger partial charge in [-0.15, -0.1) is 24.0 Å². The number of ether oxygens (including phenoxy) is 2. The molecular formula is C19H36IN3O2S. The van der Waals surface area contributed by atoms with Crippen LogP contribution in [-0.2, 0) is 9.47 Å². The average Bonchev–Trinajstić information content (AvgIpc) is 2.69. The summed E-state index contributed by atoms with van der Waals surface area (Å²) >= 11 is 2.09. The number of thioether (sulfide) groups is 1. The number of nitrogens with one attached hydrogen (secondary N) is 1. The van der Waals surface area contributed by atoms with E-state index in [0.29, 0.717) is 12.2 Å². The number of nitrogens with zero attached hydrogens (tertiary/aromatic N) is 2. The first-order chi connectivity index (χ1) is 12.3. The largest absolute Gasteiger partial charge is 0.376 e. The highest BCUT2D eigenvalue weighted by atomic mass is 127. The second-order valence-electron chi connectivity index (χ2n) is 7.49. The van der Waals surface area contributed by atoms with E-state index in [1.807, 2.05) is 7.05 Å². The van der Waals surface area contributed by atoms with Crippen LogP contribution in [0.1, 0.15) is 44.9 Å². The third-order valence-corrected chi connectivity index (χ3v) is 6.68. The van der Waals surface area contributed by atoms with E-state index in [1.54, 1.807) is 0 Å². The Morgan fingerprint density at radius 2 is 1.92 bits per heavy atom. The second-order valence-corrected chi connectivity index (χ2v) is 8.72. The molecule has 3 fully saturated rings. The Labute approximate surface area is 180 Å². The van der Waals surface area contributed by atoms with Gasteiger partial charge in [0.15, 0.2) is 5.96 Å². The average molecular weight is 497 g/mol. The molecule has 0 aromatic rings. The van der Waals surface area contributed by atoms with Gasteiger partial charge in [-0.1, -0.05) is 0 Å². The molecule has 0 saturated carbocycles. The van der Waals surface area contributed by atoms with E-state index >= 15 is 0 Å². The van der Waals surface area contributed by atoms with Crippen molar-refractivity contribution in [2.45, 2.75) is 57.2 Å². The summed E-state index contributed by atoms with van der Waals surface area (Å²) in [5.41, 5.74) is 0. The summed E-state index contributed by atoms with van der Waals surface area (Å²) in [7, 11) is 1.90. The first-order valence-corrected chi connectivity index (χ1v) is 11.3. The van der Waals surface area contributed by atoms with Crippen LogP contribution < -0.4 is 5.32 Å². The van der Waals surface area contributed by atoms with Gasteiger partial charge in [0.2, 0.25) is 0 Å². The Morgan fingerprint density at radius 1 is 1.15 bits per heavy atom. The zero-order valence-electron chi connectivity index (χ0n) is 16.2. The fourth-order valence-corrected chi connectivity index (χ4v) is 5.14. The Morgan fingerprint density at radius 3 is 2.58 bits per heavy atom. The lowest BCUT2D eigenvalue weighted by Gasteiger charge is -2.35. The minimum Gasteiger partial charge on any atom is -0.376 e. The summed E-state index contributed by atoms with van der Waals surface area (Å²) in [6.07, 6.45) is 9.23. The molecule has 5 nitrogen and oxygen atoms in total. The fourth-order valence-electron chi connectivity index (χ4n) is 3.93. The lowest BCUT2D eigenvalue weighted by molar-refractivity contribution is -0.0721. The Bertz CT molecular complexity index is 408. The monoisotopic (exact) mass is 497 g/mol. The molecule has 0 aliphatic carbocycles. The highest BCUT2D eigenvalue weighted by molar-refractivity contribution is 14.0. The summed E-state index contributed by atoms with van der Waals surface area (Å²) in [5, 5.41) is 3.61. The van der Waals surface area contributed by atoms with Gasteiger partial charge in [0, 0.05) is 33.3 Å². The molecular weight excluding hydrogens is 461 g/mol. The maximum absolute atomic E-state index is 6.13. The SMILES string of the molecule is CN=C(NCC1CCSCC1)N1CCC(OCC2CCCCO2)CC1.I. The van der Waals surface area contributed by atoms with Gasteiger partial charge in [0.25, 0.3) is 0 Å². The van der Waals surface area contributed by atoms with Crippen molar-refractivity contribution >= 4 is 41.7 Å². The van der Waals surface area contributed by atoms with Crippen molar-refractivity contribution in [1.82, 2.24) is 10.2 Å². The standard InChI is InChI=1S/C19H35N3O2S.HI/c1-20-19(21-14-16-7-12-25-13-8-16)22-9-5-17(6-10-22)24-15-18-4-2-3-11-23-18;/h16-18H,2-15H2,1H3,(H,20,21);1H. The molecule has 7 heteroatoms. The minimum atomic E-state index is 0. The Balaban J connectivity index is 0.00000243. The number of hydrogen-bond acceptors (Lipinski definition) is 4. The third-order valence-electron chi connectivity index (χ3n) is 5.63. The summed E-state index contributed by atoms with van der Waals surface area (Å²) in [6.45, 7) is 4.83. The molecule has 3 aliphatic heterocycles. The van der Waals surface area contributed by atoms with E-state index in [0.717, 1.165) is 64.0 Å². The van der Waals surface area contributed by atoms with Gasteiger partial charge < -0.3 is 19.7 Å². The predicted molar refractivity (Wildman–Crippen MR) is 121 cm³/mol. The van der Waals surface area contributed by atoms with Gasteiger partial charge in [-0.2, -0.15) is 11.8 Å². The molecule has 3 heterocycles. The van der Waals surface area contributed by atoms with Crippen LogP contribution >= 0.6 is 35.7 Å². The van der Waals surface area contributed by atoms with Crippen LogP contribution in [0.15, 0.2) is 4.99 Å². The van der Waals surface area contributed by atoms with E-state index in [4.69, 9.17) is 9.47 Å². The summed E-state index contributed by atoms with van der Waals surface area (Å²) in [4.78, 5) is 6.90. The summed E-state index contributed by atoms with van der Waals surface area (Å²) < 4.78 is 11.9. The van der Waals surface area contributed by atoms with E-state index in [9.17, 15) is 0 Å². The van der Waals surface area contributed by atoms with Gasteiger partial charge in [0.1, 0.15) is 0 Å². The molecule has 1 N–H and O–H groups in total. The topological polar surface area (TPSA) is 46.1 Å². The highest BCUT2D eigenvalue weighted by Gasteiger charge is 2.24. The van der Waals surface area contributed by atoms with Crippen molar-refractivity contribution in [3.63, 3.8) is 0 Å². The summed E-state index contributed by atoms with van der Waals surface area (Å²) in [5.74, 6) is 4.53. The first-order valence-electron chi connectivity index (χ1n) is 10.1. The number of piperidine rings is 1. The van der Waals surface area contributed by atoms with Crippen LogP contribution in [0.3, 0.4) is 0 Å². The van der Waals surface area contributed by atoms with E-state index in [-0.39, 0.29) is 24.0 Å². The first kappa shape index (κ1) is 22.6. The van der Waals surface area contributed by atoms with Gasteiger partial charge in [-0.3, -0.25) is 4.99 Å². The molecule has 0 aromatic carbocycles. The zero-order valence-corrected chi connectivity index (χ0v) is 19.3. The number of guanidine groups is 1. The maximum Gasteiger partial charge on any atom is 0.193 e. The number of aliphatic imine (C=N–C) groups is 1. The number of likely N-dealkylation sites (tertiary alicyclic amines) is 1. The van der Waals surface area contributed by atoms with Gasteiger partial charge in [-0.05, 0) is 62.4 Å². The quantitative estimate of drug-likeness (QED) is 0.359. The normalized spacial score (nSPS) is 26.4. The summed E-state index contributed by atoms with van der Waals surface area (Å²) in [6, 6.07) is 0.